The van der Waals surface area contributed by atoms with Crippen LogP contribution in [0.4, 0.5) is 10.5 Å². The molecule has 26 heavy (non-hydrogen) atoms. The minimum atomic E-state index is -0.397. The first kappa shape index (κ1) is 19.9. The first-order valence-corrected chi connectivity index (χ1v) is 8.74. The van der Waals surface area contributed by atoms with E-state index in [1.165, 1.54) is 0 Å². The molecule has 2 rings (SSSR count). The molecule has 0 spiro atoms. The average molecular weight is 396 g/mol. The Labute approximate surface area is 161 Å². The lowest BCUT2D eigenvalue weighted by molar-refractivity contribution is -0.121. The molecule has 0 bridgehead atoms. The highest BCUT2D eigenvalue weighted by Crippen LogP contribution is 2.15. The first-order chi connectivity index (χ1) is 12.5. The zero-order chi connectivity index (χ0) is 18.8. The number of hydrogen-bond donors (Lipinski definition) is 3. The van der Waals surface area contributed by atoms with Gasteiger partial charge in [-0.3, -0.25) is 4.79 Å². The summed E-state index contributed by atoms with van der Waals surface area (Å²) in [7, 11) is 0. The lowest BCUT2D eigenvalue weighted by atomic mass is 10.3. The van der Waals surface area contributed by atoms with Crippen LogP contribution in [0.5, 0.6) is 5.75 Å². The van der Waals surface area contributed by atoms with Crippen LogP contribution in [-0.4, -0.2) is 31.6 Å². The van der Waals surface area contributed by atoms with E-state index in [-0.39, 0.29) is 18.9 Å². The summed E-state index contributed by atoms with van der Waals surface area (Å²) in [6.45, 7) is 0.933. The fourth-order valence-corrected chi connectivity index (χ4v) is 2.33. The Morgan fingerprint density at radius 2 is 1.69 bits per heavy atom. The molecule has 6 nitrogen and oxygen atoms in total. The SMILES string of the molecule is O=C(CCNC(=O)Nc1cccc(Cl)c1)NCCOc1ccc(Cl)cc1. The Bertz CT molecular complexity index is 739. The van der Waals surface area contributed by atoms with Crippen LogP contribution in [0.3, 0.4) is 0 Å². The van der Waals surface area contributed by atoms with Gasteiger partial charge in [-0.2, -0.15) is 0 Å². The Morgan fingerprint density at radius 1 is 0.923 bits per heavy atom. The normalized spacial score (nSPS) is 10.1. The number of rotatable bonds is 8. The van der Waals surface area contributed by atoms with Crippen molar-refractivity contribution in [1.82, 2.24) is 10.6 Å². The summed E-state index contributed by atoms with van der Waals surface area (Å²) in [5.74, 6) is 0.510. The predicted molar refractivity (Wildman–Crippen MR) is 103 cm³/mol. The number of halogens is 2. The molecule has 0 aliphatic heterocycles. The Balaban J connectivity index is 1.55. The molecule has 0 heterocycles. The van der Waals surface area contributed by atoms with Crippen LogP contribution in [0.2, 0.25) is 10.0 Å². The van der Waals surface area contributed by atoms with Crippen LogP contribution < -0.4 is 20.7 Å². The second kappa shape index (κ2) is 10.5. The van der Waals surface area contributed by atoms with Crippen molar-refractivity contribution in [2.75, 3.05) is 25.0 Å². The molecule has 138 valence electrons. The van der Waals surface area contributed by atoms with Crippen molar-refractivity contribution in [2.24, 2.45) is 0 Å². The molecule has 0 aliphatic carbocycles. The quantitative estimate of drug-likeness (QED) is 0.596. The van der Waals surface area contributed by atoms with Crippen molar-refractivity contribution in [3.05, 3.63) is 58.6 Å². The molecule has 2 aromatic carbocycles. The summed E-state index contributed by atoms with van der Waals surface area (Å²) < 4.78 is 5.47. The van der Waals surface area contributed by atoms with E-state index < -0.39 is 6.03 Å². The Morgan fingerprint density at radius 3 is 2.42 bits per heavy atom. The van der Waals surface area contributed by atoms with Gasteiger partial charge in [-0.1, -0.05) is 29.3 Å². The number of ether oxygens (including phenoxy) is 1. The van der Waals surface area contributed by atoms with Gasteiger partial charge in [-0.15, -0.1) is 0 Å². The molecule has 0 radical (unpaired) electrons. The molecule has 8 heteroatoms. The average Bonchev–Trinajstić information content (AvgIpc) is 2.60. The topological polar surface area (TPSA) is 79.5 Å². The van der Waals surface area contributed by atoms with E-state index in [2.05, 4.69) is 16.0 Å². The van der Waals surface area contributed by atoms with Crippen molar-refractivity contribution >= 4 is 40.8 Å². The molecule has 0 aliphatic rings. The van der Waals surface area contributed by atoms with Gasteiger partial charge in [-0.05, 0) is 42.5 Å². The van der Waals surface area contributed by atoms with E-state index in [0.29, 0.717) is 34.6 Å². The smallest absolute Gasteiger partial charge is 0.319 e. The summed E-state index contributed by atoms with van der Waals surface area (Å²) in [5.41, 5.74) is 0.582. The third-order valence-electron chi connectivity index (χ3n) is 3.23. The van der Waals surface area contributed by atoms with Crippen molar-refractivity contribution in [2.45, 2.75) is 6.42 Å². The number of urea groups is 1. The predicted octanol–water partition coefficient (Wildman–Crippen LogP) is 3.70. The standard InChI is InChI=1S/C18H19Cl2N3O3/c19-13-4-6-16(7-5-13)26-11-10-21-17(24)8-9-22-18(25)23-15-3-1-2-14(20)12-15/h1-7,12H,8-11H2,(H,21,24)(H2,22,23,25). The lowest BCUT2D eigenvalue weighted by Gasteiger charge is -2.09. The summed E-state index contributed by atoms with van der Waals surface area (Å²) in [4.78, 5) is 23.4. The molecule has 0 fully saturated rings. The highest BCUT2D eigenvalue weighted by atomic mass is 35.5. The van der Waals surface area contributed by atoms with Crippen LogP contribution in [0.25, 0.3) is 0 Å². The zero-order valence-corrected chi connectivity index (χ0v) is 15.4. The highest BCUT2D eigenvalue weighted by Gasteiger charge is 2.05. The molecule has 3 N–H and O–H groups in total. The zero-order valence-electron chi connectivity index (χ0n) is 13.9. The van der Waals surface area contributed by atoms with E-state index in [1.807, 2.05) is 0 Å². The summed E-state index contributed by atoms with van der Waals surface area (Å²) in [6, 6.07) is 13.4. The third kappa shape index (κ3) is 7.63. The molecule has 0 atom stereocenters. The molecular weight excluding hydrogens is 377 g/mol. The van der Waals surface area contributed by atoms with Crippen molar-refractivity contribution < 1.29 is 14.3 Å². The second-order valence-electron chi connectivity index (χ2n) is 5.29. The van der Waals surface area contributed by atoms with Gasteiger partial charge >= 0.3 is 6.03 Å². The summed E-state index contributed by atoms with van der Waals surface area (Å²) in [6.07, 6.45) is 0.171. The number of amides is 3. The Hall–Kier alpha value is -2.44. The summed E-state index contributed by atoms with van der Waals surface area (Å²) >= 11 is 11.6. The van der Waals surface area contributed by atoms with Crippen LogP contribution in [-0.2, 0) is 4.79 Å². The fraction of sp³-hybridized carbons (Fsp3) is 0.222. The number of nitrogens with one attached hydrogen (secondary N) is 3. The number of benzene rings is 2. The largest absolute Gasteiger partial charge is 0.492 e. The van der Waals surface area contributed by atoms with E-state index in [0.717, 1.165) is 0 Å². The van der Waals surface area contributed by atoms with Crippen molar-refractivity contribution in [1.29, 1.82) is 0 Å². The number of carbonyl (C=O) groups is 2. The Kier molecular flexibility index (Phi) is 8.05. The van der Waals surface area contributed by atoms with E-state index >= 15 is 0 Å². The van der Waals surface area contributed by atoms with Gasteiger partial charge in [0, 0.05) is 28.7 Å². The number of carbonyl (C=O) groups excluding carboxylic acids is 2. The second-order valence-corrected chi connectivity index (χ2v) is 6.17. The first-order valence-electron chi connectivity index (χ1n) is 7.98. The van der Waals surface area contributed by atoms with Crippen LogP contribution in [0, 0.1) is 0 Å². The maximum absolute atomic E-state index is 11.7. The molecule has 0 aromatic heterocycles. The van der Waals surface area contributed by atoms with Gasteiger partial charge in [0.05, 0.1) is 6.54 Å². The van der Waals surface area contributed by atoms with Crippen LogP contribution >= 0.6 is 23.2 Å². The van der Waals surface area contributed by atoms with Gasteiger partial charge in [0.1, 0.15) is 12.4 Å². The van der Waals surface area contributed by atoms with Gasteiger partial charge < -0.3 is 20.7 Å². The third-order valence-corrected chi connectivity index (χ3v) is 3.71. The van der Waals surface area contributed by atoms with Gasteiger partial charge in [0.15, 0.2) is 0 Å². The summed E-state index contributed by atoms with van der Waals surface area (Å²) in [5, 5.41) is 9.12. The van der Waals surface area contributed by atoms with Crippen molar-refractivity contribution in [3.63, 3.8) is 0 Å². The highest BCUT2D eigenvalue weighted by molar-refractivity contribution is 6.31. The van der Waals surface area contributed by atoms with Gasteiger partial charge in [-0.25, -0.2) is 4.79 Å². The van der Waals surface area contributed by atoms with E-state index in [9.17, 15) is 9.59 Å². The van der Waals surface area contributed by atoms with Crippen LogP contribution in [0.15, 0.2) is 48.5 Å². The molecule has 0 saturated carbocycles. The van der Waals surface area contributed by atoms with Gasteiger partial charge in [0.2, 0.25) is 5.91 Å². The molecule has 0 saturated heterocycles. The van der Waals surface area contributed by atoms with Gasteiger partial charge in [0.25, 0.3) is 0 Å². The van der Waals surface area contributed by atoms with Crippen LogP contribution in [0.1, 0.15) is 6.42 Å². The van der Waals surface area contributed by atoms with E-state index in [1.54, 1.807) is 48.5 Å². The lowest BCUT2D eigenvalue weighted by Crippen LogP contribution is -2.34. The maximum Gasteiger partial charge on any atom is 0.319 e. The molecule has 3 amide bonds. The maximum atomic E-state index is 11.7. The fourth-order valence-electron chi connectivity index (χ4n) is 2.01. The number of hydrogen-bond acceptors (Lipinski definition) is 3. The van der Waals surface area contributed by atoms with Crippen molar-refractivity contribution in [3.8, 4) is 5.75 Å². The number of anilines is 1. The minimum Gasteiger partial charge on any atom is -0.492 e. The monoisotopic (exact) mass is 395 g/mol. The minimum absolute atomic E-state index is 0.171. The van der Waals surface area contributed by atoms with E-state index in [4.69, 9.17) is 27.9 Å². The molecular formula is C18H19Cl2N3O3. The molecule has 0 unspecified atom stereocenters. The molecule has 2 aromatic rings.